The van der Waals surface area contributed by atoms with E-state index in [9.17, 15) is 0 Å². The number of rotatable bonds is 0. The van der Waals surface area contributed by atoms with Gasteiger partial charge >= 0.3 is 0 Å². The first kappa shape index (κ1) is 7.85. The quantitative estimate of drug-likeness (QED) is 0.432. The molecule has 0 radical (unpaired) electrons. The lowest BCUT2D eigenvalue weighted by Crippen LogP contribution is -2.38. The predicted octanol–water partition coefficient (Wildman–Crippen LogP) is 1.62. The van der Waals surface area contributed by atoms with Crippen LogP contribution in [0.4, 0.5) is 0 Å². The Hall–Kier alpha value is 0.750. The minimum absolute atomic E-state index is 0.106. The van der Waals surface area contributed by atoms with Crippen LogP contribution in [0.15, 0.2) is 0 Å². The highest BCUT2D eigenvalue weighted by Gasteiger charge is 2.40. The van der Waals surface area contributed by atoms with Crippen molar-refractivity contribution >= 4 is 34.8 Å². The zero-order valence-corrected chi connectivity index (χ0v) is 6.41. The molecule has 3 nitrogen and oxygen atoms in total. The van der Waals surface area contributed by atoms with Gasteiger partial charge in [0.05, 0.1) is 0 Å². The molecule has 0 aromatic heterocycles. The molecule has 0 N–H and O–H groups in total. The van der Waals surface area contributed by atoms with Crippen LogP contribution in [0.2, 0.25) is 0 Å². The molecule has 1 unspecified atom stereocenters. The van der Waals surface area contributed by atoms with Crippen LogP contribution in [0.3, 0.4) is 0 Å². The number of hydrogen-bond donors (Lipinski definition) is 0. The fourth-order valence-electron chi connectivity index (χ4n) is 0.306. The van der Waals surface area contributed by atoms with E-state index < -0.39 is 9.90 Å². The maximum absolute atomic E-state index is 5.51. The summed E-state index contributed by atoms with van der Waals surface area (Å²) >= 11 is 16.4. The molecule has 0 saturated carbocycles. The maximum atomic E-state index is 5.51. The van der Waals surface area contributed by atoms with Gasteiger partial charge < -0.3 is 0 Å². The van der Waals surface area contributed by atoms with Crippen molar-refractivity contribution in [2.45, 2.75) is 9.90 Å². The second-order valence-corrected chi connectivity index (χ2v) is 3.31. The van der Waals surface area contributed by atoms with Crippen LogP contribution in [0.1, 0.15) is 0 Å². The van der Waals surface area contributed by atoms with Gasteiger partial charge in [0, 0.05) is 0 Å². The van der Waals surface area contributed by atoms with Crippen molar-refractivity contribution in [1.29, 1.82) is 0 Å². The Bertz CT molecular complexity index is 106. The van der Waals surface area contributed by atoms with Crippen LogP contribution in [-0.2, 0) is 14.8 Å². The Balaban J connectivity index is 2.49. The number of hydrogen-bond acceptors (Lipinski definition) is 3. The molecular formula is C3H3Cl3O3. The van der Waals surface area contributed by atoms with Gasteiger partial charge in [-0.1, -0.05) is 28.2 Å². The molecule has 0 aromatic rings. The van der Waals surface area contributed by atoms with Crippen molar-refractivity contribution in [3.05, 3.63) is 0 Å². The van der Waals surface area contributed by atoms with E-state index >= 15 is 0 Å². The van der Waals surface area contributed by atoms with Gasteiger partial charge in [-0.25, -0.2) is 4.89 Å². The first-order valence-corrected chi connectivity index (χ1v) is 3.31. The zero-order chi connectivity index (χ0) is 6.91. The number of halogens is 3. The molecule has 0 spiro atoms. The van der Waals surface area contributed by atoms with Crippen LogP contribution in [0.5, 0.6) is 0 Å². The molecule has 9 heavy (non-hydrogen) atoms. The summed E-state index contributed by atoms with van der Waals surface area (Å²) in [6, 6.07) is 0. The lowest BCUT2D eigenvalue weighted by Gasteiger charge is -2.26. The van der Waals surface area contributed by atoms with E-state index in [1.807, 2.05) is 0 Å². The minimum atomic E-state index is -1.50. The standard InChI is InChI=1S/C3H3Cl3O3/c4-2-1-7-9-8-3(2,5)6/h2H,1H2. The molecule has 1 aliphatic heterocycles. The van der Waals surface area contributed by atoms with Crippen LogP contribution >= 0.6 is 34.8 Å². The van der Waals surface area contributed by atoms with E-state index in [1.165, 1.54) is 0 Å². The summed E-state index contributed by atoms with van der Waals surface area (Å²) in [5.74, 6) is 0. The van der Waals surface area contributed by atoms with Gasteiger partial charge in [0.15, 0.2) is 0 Å². The Labute approximate surface area is 66.6 Å². The van der Waals surface area contributed by atoms with Crippen LogP contribution in [-0.4, -0.2) is 16.5 Å². The van der Waals surface area contributed by atoms with E-state index in [0.717, 1.165) is 0 Å². The van der Waals surface area contributed by atoms with Crippen LogP contribution < -0.4 is 0 Å². The van der Waals surface area contributed by atoms with Crippen molar-refractivity contribution in [1.82, 2.24) is 0 Å². The Kier molecular flexibility index (Phi) is 2.43. The molecule has 1 fully saturated rings. The average molecular weight is 193 g/mol. The molecule has 0 bridgehead atoms. The summed E-state index contributed by atoms with van der Waals surface area (Å²) in [4.78, 5) is 8.55. The van der Waals surface area contributed by atoms with Crippen molar-refractivity contribution in [2.24, 2.45) is 0 Å². The lowest BCUT2D eigenvalue weighted by atomic mass is 10.5. The van der Waals surface area contributed by atoms with Crippen molar-refractivity contribution in [2.75, 3.05) is 6.61 Å². The Morgan fingerprint density at radius 3 is 2.44 bits per heavy atom. The molecule has 1 aliphatic rings. The summed E-state index contributed by atoms with van der Waals surface area (Å²) in [5, 5.41) is 3.39. The van der Waals surface area contributed by atoms with E-state index in [-0.39, 0.29) is 6.61 Å². The van der Waals surface area contributed by atoms with Crippen LogP contribution in [0, 0.1) is 0 Å². The summed E-state index contributed by atoms with van der Waals surface area (Å²) in [7, 11) is 0. The summed E-state index contributed by atoms with van der Waals surface area (Å²) < 4.78 is -1.50. The topological polar surface area (TPSA) is 27.7 Å². The summed E-state index contributed by atoms with van der Waals surface area (Å²) in [6.45, 7) is 0.106. The molecule has 1 atom stereocenters. The Morgan fingerprint density at radius 1 is 1.44 bits per heavy atom. The third-order valence-electron chi connectivity index (χ3n) is 0.772. The zero-order valence-electron chi connectivity index (χ0n) is 4.14. The normalized spacial score (nSPS) is 34.3. The second-order valence-electron chi connectivity index (χ2n) is 1.47. The van der Waals surface area contributed by atoms with E-state index in [4.69, 9.17) is 34.8 Å². The Morgan fingerprint density at radius 2 is 2.11 bits per heavy atom. The van der Waals surface area contributed by atoms with Gasteiger partial charge in [0.1, 0.15) is 12.0 Å². The molecular weight excluding hydrogens is 190 g/mol. The highest BCUT2D eigenvalue weighted by Crippen LogP contribution is 2.33. The largest absolute Gasteiger partial charge is 0.271 e. The number of alkyl halides is 3. The van der Waals surface area contributed by atoms with E-state index in [0.29, 0.717) is 0 Å². The smallest absolute Gasteiger partial charge is 0.204 e. The minimum Gasteiger partial charge on any atom is -0.204 e. The van der Waals surface area contributed by atoms with Gasteiger partial charge in [-0.3, -0.25) is 0 Å². The summed E-state index contributed by atoms with van der Waals surface area (Å²) in [5.41, 5.74) is 0. The monoisotopic (exact) mass is 192 g/mol. The highest BCUT2D eigenvalue weighted by molar-refractivity contribution is 6.51. The molecule has 1 saturated heterocycles. The van der Waals surface area contributed by atoms with Gasteiger partial charge in [0.2, 0.25) is 0 Å². The highest BCUT2D eigenvalue weighted by atomic mass is 35.5. The van der Waals surface area contributed by atoms with Crippen molar-refractivity contribution < 1.29 is 14.8 Å². The maximum Gasteiger partial charge on any atom is 0.271 e. The van der Waals surface area contributed by atoms with Crippen molar-refractivity contribution in [3.8, 4) is 0 Å². The van der Waals surface area contributed by atoms with Crippen LogP contribution in [0.25, 0.3) is 0 Å². The molecule has 0 amide bonds. The fourth-order valence-corrected chi connectivity index (χ4v) is 0.571. The van der Waals surface area contributed by atoms with E-state index in [2.05, 4.69) is 14.8 Å². The summed E-state index contributed by atoms with van der Waals surface area (Å²) in [6.07, 6.45) is 0. The van der Waals surface area contributed by atoms with Gasteiger partial charge in [-0.05, 0) is 0 Å². The predicted molar refractivity (Wildman–Crippen MR) is 32.2 cm³/mol. The lowest BCUT2D eigenvalue weighted by molar-refractivity contribution is -0.544. The third kappa shape index (κ3) is 1.83. The van der Waals surface area contributed by atoms with Gasteiger partial charge in [0.25, 0.3) is 4.52 Å². The van der Waals surface area contributed by atoms with E-state index in [1.54, 1.807) is 0 Å². The average Bonchev–Trinajstić information content (AvgIpc) is 1.77. The molecule has 0 aromatic carbocycles. The van der Waals surface area contributed by atoms with Gasteiger partial charge in [-0.15, -0.1) is 11.6 Å². The fraction of sp³-hybridized carbons (Fsp3) is 1.00. The SMILES string of the molecule is ClC1COOOC1(Cl)Cl. The van der Waals surface area contributed by atoms with Crippen molar-refractivity contribution in [3.63, 3.8) is 0 Å². The first-order valence-electron chi connectivity index (χ1n) is 2.12. The first-order chi connectivity index (χ1) is 4.13. The second kappa shape index (κ2) is 2.78. The molecule has 1 heterocycles. The van der Waals surface area contributed by atoms with Gasteiger partial charge in [-0.2, -0.15) is 4.89 Å². The molecule has 0 aliphatic carbocycles. The molecule has 54 valence electrons. The third-order valence-corrected chi connectivity index (χ3v) is 2.08. The molecule has 6 heteroatoms. The molecule has 1 rings (SSSR count).